The molecule has 3 N–H and O–H groups in total. The van der Waals surface area contributed by atoms with E-state index in [-0.39, 0.29) is 0 Å². The highest BCUT2D eigenvalue weighted by atomic mass is 35.5. The number of aromatic amines is 1. The lowest BCUT2D eigenvalue weighted by Gasteiger charge is -2.12. The molecule has 6 heteroatoms. The molecule has 5 nitrogen and oxygen atoms in total. The molecule has 0 aliphatic heterocycles. The van der Waals surface area contributed by atoms with Crippen molar-refractivity contribution in [3.63, 3.8) is 0 Å². The van der Waals surface area contributed by atoms with Crippen LogP contribution in [0.2, 0.25) is 5.02 Å². The van der Waals surface area contributed by atoms with Gasteiger partial charge < -0.3 is 14.8 Å². The molecular weight excluding hydrogens is 314 g/mol. The van der Waals surface area contributed by atoms with Crippen molar-refractivity contribution in [2.45, 2.75) is 19.6 Å². The highest BCUT2D eigenvalue weighted by Gasteiger charge is 2.12. The molecule has 2 heterocycles. The number of benzene rings is 1. The number of aromatic nitrogens is 2. The van der Waals surface area contributed by atoms with Crippen LogP contribution < -0.4 is 5.32 Å². The Kier molecular flexibility index (Phi) is 4.81. The molecule has 0 unspecified atom stereocenters. The molecule has 1 aromatic carbocycles. The van der Waals surface area contributed by atoms with Crippen LogP contribution in [0.25, 0.3) is 11.5 Å². The van der Waals surface area contributed by atoms with Crippen LogP contribution in [-0.2, 0) is 6.54 Å². The topological polar surface area (TPSA) is 74.1 Å². The third-order valence-electron chi connectivity index (χ3n) is 3.61. The fourth-order valence-corrected chi connectivity index (χ4v) is 2.50. The smallest absolute Gasteiger partial charge is 0.152 e. The van der Waals surface area contributed by atoms with Gasteiger partial charge in [-0.25, -0.2) is 0 Å². The minimum atomic E-state index is -0.589. The summed E-state index contributed by atoms with van der Waals surface area (Å²) in [5, 5.41) is 21.1. The second-order valence-electron chi connectivity index (χ2n) is 5.38. The summed E-state index contributed by atoms with van der Waals surface area (Å²) >= 11 is 5.85. The van der Waals surface area contributed by atoms with Crippen LogP contribution in [-0.4, -0.2) is 21.8 Å². The summed E-state index contributed by atoms with van der Waals surface area (Å²) < 4.78 is 5.62. The average molecular weight is 332 g/mol. The van der Waals surface area contributed by atoms with Crippen LogP contribution in [0.1, 0.15) is 23.0 Å². The van der Waals surface area contributed by atoms with Crippen LogP contribution in [0.4, 0.5) is 0 Å². The summed E-state index contributed by atoms with van der Waals surface area (Å²) in [6, 6.07) is 11.0. The van der Waals surface area contributed by atoms with Crippen LogP contribution in [0.15, 0.2) is 47.0 Å². The predicted molar refractivity (Wildman–Crippen MR) is 89.1 cm³/mol. The van der Waals surface area contributed by atoms with Gasteiger partial charge in [0, 0.05) is 23.7 Å². The van der Waals surface area contributed by atoms with Crippen molar-refractivity contribution in [3.05, 3.63) is 64.5 Å². The third-order valence-corrected chi connectivity index (χ3v) is 3.86. The van der Waals surface area contributed by atoms with E-state index in [4.69, 9.17) is 16.0 Å². The molecule has 0 fully saturated rings. The molecule has 3 rings (SSSR count). The maximum atomic E-state index is 10.2. The van der Waals surface area contributed by atoms with Gasteiger partial charge in [0.25, 0.3) is 0 Å². The molecule has 0 saturated carbocycles. The zero-order valence-electron chi connectivity index (χ0n) is 12.7. The number of hydrogen-bond acceptors (Lipinski definition) is 4. The first-order chi connectivity index (χ1) is 11.1. The minimum Gasteiger partial charge on any atom is -0.460 e. The molecule has 1 atom stereocenters. The van der Waals surface area contributed by atoms with E-state index in [0.29, 0.717) is 18.1 Å². The lowest BCUT2D eigenvalue weighted by molar-refractivity contribution is 0.174. The summed E-state index contributed by atoms with van der Waals surface area (Å²) in [4.78, 5) is 0. The number of rotatable bonds is 6. The molecule has 2 aromatic heterocycles. The maximum absolute atomic E-state index is 10.2. The van der Waals surface area contributed by atoms with Crippen LogP contribution in [0.3, 0.4) is 0 Å². The number of hydrogen-bond donors (Lipinski definition) is 3. The van der Waals surface area contributed by atoms with Gasteiger partial charge >= 0.3 is 0 Å². The second-order valence-corrected chi connectivity index (χ2v) is 5.82. The summed E-state index contributed by atoms with van der Waals surface area (Å²) in [7, 11) is 0. The number of nitrogens with one attached hydrogen (secondary N) is 2. The molecule has 0 bridgehead atoms. The lowest BCUT2D eigenvalue weighted by Crippen LogP contribution is -2.21. The molecule has 3 aromatic rings. The Labute approximate surface area is 139 Å². The van der Waals surface area contributed by atoms with Gasteiger partial charge in [0.2, 0.25) is 0 Å². The number of aliphatic hydroxyl groups excluding tert-OH is 1. The Morgan fingerprint density at radius 3 is 2.74 bits per heavy atom. The van der Waals surface area contributed by atoms with Crippen molar-refractivity contribution in [2.75, 3.05) is 6.54 Å². The standard InChI is InChI=1S/C17H18ClN3O2/c1-11-2-7-16(23-11)17-13(9-20-21-17)8-19-10-15(22)12-3-5-14(18)6-4-12/h2-7,9,15,19,22H,8,10H2,1H3,(H,20,21)/t15-/m1/s1. The fraction of sp³-hybridized carbons (Fsp3) is 0.235. The first-order valence-electron chi connectivity index (χ1n) is 7.37. The zero-order valence-corrected chi connectivity index (χ0v) is 13.5. The molecule has 0 saturated heterocycles. The van der Waals surface area contributed by atoms with Gasteiger partial charge in [-0.15, -0.1) is 0 Å². The van der Waals surface area contributed by atoms with Gasteiger partial charge in [-0.1, -0.05) is 23.7 Å². The number of halogens is 1. The molecule has 0 amide bonds. The molecule has 0 spiro atoms. The van der Waals surface area contributed by atoms with Gasteiger partial charge in [-0.05, 0) is 36.8 Å². The van der Waals surface area contributed by atoms with Gasteiger partial charge in [-0.3, -0.25) is 5.10 Å². The minimum absolute atomic E-state index is 0.434. The van der Waals surface area contributed by atoms with Crippen molar-refractivity contribution < 1.29 is 9.52 Å². The monoisotopic (exact) mass is 331 g/mol. The van der Waals surface area contributed by atoms with Gasteiger partial charge in [0.05, 0.1) is 12.3 Å². The van der Waals surface area contributed by atoms with Crippen molar-refractivity contribution >= 4 is 11.6 Å². The molecule has 0 aliphatic carbocycles. The van der Waals surface area contributed by atoms with Crippen molar-refractivity contribution in [1.29, 1.82) is 0 Å². The normalized spacial score (nSPS) is 12.5. The van der Waals surface area contributed by atoms with E-state index in [1.54, 1.807) is 18.3 Å². The van der Waals surface area contributed by atoms with Crippen molar-refractivity contribution in [2.24, 2.45) is 0 Å². The Morgan fingerprint density at radius 2 is 2.04 bits per heavy atom. The average Bonchev–Trinajstić information content (AvgIpc) is 3.16. The highest BCUT2D eigenvalue weighted by Crippen LogP contribution is 2.23. The van der Waals surface area contributed by atoms with Gasteiger partial charge in [0.1, 0.15) is 11.5 Å². The Morgan fingerprint density at radius 1 is 1.26 bits per heavy atom. The number of nitrogens with zero attached hydrogens (tertiary/aromatic N) is 1. The molecule has 0 aliphatic rings. The van der Waals surface area contributed by atoms with E-state index in [9.17, 15) is 5.11 Å². The second kappa shape index (κ2) is 7.00. The van der Waals surface area contributed by atoms with E-state index >= 15 is 0 Å². The summed E-state index contributed by atoms with van der Waals surface area (Å²) in [6.45, 7) is 2.92. The van der Waals surface area contributed by atoms with Gasteiger partial charge in [-0.2, -0.15) is 5.10 Å². The summed E-state index contributed by atoms with van der Waals surface area (Å²) in [5.41, 5.74) is 2.67. The first kappa shape index (κ1) is 15.8. The lowest BCUT2D eigenvalue weighted by atomic mass is 10.1. The third kappa shape index (κ3) is 3.82. The first-order valence-corrected chi connectivity index (χ1v) is 7.74. The molecule has 23 heavy (non-hydrogen) atoms. The van der Waals surface area contributed by atoms with E-state index in [1.165, 1.54) is 0 Å². The molecular formula is C17H18ClN3O2. The van der Waals surface area contributed by atoms with Gasteiger partial charge in [0.15, 0.2) is 5.76 Å². The Bertz CT molecular complexity index is 764. The molecule has 0 radical (unpaired) electrons. The predicted octanol–water partition coefficient (Wildman–Crippen LogP) is 3.45. The van der Waals surface area contributed by atoms with Crippen molar-refractivity contribution in [1.82, 2.24) is 15.5 Å². The fourth-order valence-electron chi connectivity index (χ4n) is 2.37. The Balaban J connectivity index is 1.59. The van der Waals surface area contributed by atoms with Crippen LogP contribution in [0.5, 0.6) is 0 Å². The summed E-state index contributed by atoms with van der Waals surface area (Å²) in [5.74, 6) is 1.61. The quantitative estimate of drug-likeness (QED) is 0.646. The number of aryl methyl sites for hydroxylation is 1. The number of H-pyrrole nitrogens is 1. The Hall–Kier alpha value is -2.08. The van der Waals surface area contributed by atoms with E-state index in [2.05, 4.69) is 15.5 Å². The largest absolute Gasteiger partial charge is 0.460 e. The van der Waals surface area contributed by atoms with E-state index < -0.39 is 6.10 Å². The number of aliphatic hydroxyl groups is 1. The van der Waals surface area contributed by atoms with E-state index in [1.807, 2.05) is 31.2 Å². The highest BCUT2D eigenvalue weighted by molar-refractivity contribution is 6.30. The number of furan rings is 1. The SMILES string of the molecule is Cc1ccc(-c2[nH]ncc2CNC[C@@H](O)c2ccc(Cl)cc2)o1. The summed E-state index contributed by atoms with van der Waals surface area (Å²) in [6.07, 6.45) is 1.17. The van der Waals surface area contributed by atoms with Crippen LogP contribution >= 0.6 is 11.6 Å². The van der Waals surface area contributed by atoms with Crippen LogP contribution in [0, 0.1) is 6.92 Å². The molecule has 120 valence electrons. The zero-order chi connectivity index (χ0) is 16.2. The van der Waals surface area contributed by atoms with Crippen molar-refractivity contribution in [3.8, 4) is 11.5 Å². The van der Waals surface area contributed by atoms with E-state index in [0.717, 1.165) is 28.3 Å². The maximum Gasteiger partial charge on any atom is 0.152 e.